The zero-order valence-electron chi connectivity index (χ0n) is 12.7. The largest absolute Gasteiger partial charge is 0.490 e. The molecule has 0 fully saturated rings. The van der Waals surface area contributed by atoms with E-state index in [1.165, 1.54) is 34.9 Å². The number of aromatic nitrogens is 2. The van der Waals surface area contributed by atoms with Crippen LogP contribution in [0.4, 0.5) is 5.69 Å². The molecule has 24 heavy (non-hydrogen) atoms. The molecule has 3 rings (SSSR count). The van der Waals surface area contributed by atoms with Gasteiger partial charge in [0.2, 0.25) is 5.91 Å². The van der Waals surface area contributed by atoms with Gasteiger partial charge in [0.15, 0.2) is 20.2 Å². The minimum Gasteiger partial charge on any atom is -0.490 e. The maximum absolute atomic E-state index is 12.1. The van der Waals surface area contributed by atoms with Gasteiger partial charge >= 0.3 is 0 Å². The summed E-state index contributed by atoms with van der Waals surface area (Å²) in [5.41, 5.74) is 0.508. The first-order chi connectivity index (χ1) is 11.7. The SMILES string of the molecule is CSc1nnc(SCC(=O)Nc2cc3c(cc2Cl)OCCCO3)s1. The zero-order chi connectivity index (χ0) is 16.9. The summed E-state index contributed by atoms with van der Waals surface area (Å²) in [5, 5.41) is 11.2. The summed E-state index contributed by atoms with van der Waals surface area (Å²) in [5.74, 6) is 1.25. The van der Waals surface area contributed by atoms with Crippen LogP contribution >= 0.6 is 46.5 Å². The Morgan fingerprint density at radius 1 is 1.29 bits per heavy atom. The fourth-order valence-corrected chi connectivity index (χ4v) is 4.37. The summed E-state index contributed by atoms with van der Waals surface area (Å²) >= 11 is 10.6. The second-order valence-corrected chi connectivity index (χ2v) is 8.36. The van der Waals surface area contributed by atoms with Gasteiger partial charge in [-0.1, -0.05) is 46.5 Å². The highest BCUT2D eigenvalue weighted by molar-refractivity contribution is 8.03. The third-order valence-corrected chi connectivity index (χ3v) is 6.35. The van der Waals surface area contributed by atoms with E-state index in [2.05, 4.69) is 15.5 Å². The van der Waals surface area contributed by atoms with Crippen LogP contribution in [0.5, 0.6) is 11.5 Å². The molecule has 0 spiro atoms. The Morgan fingerprint density at radius 3 is 2.71 bits per heavy atom. The number of anilines is 1. The number of ether oxygens (including phenoxy) is 2. The lowest BCUT2D eigenvalue weighted by atomic mass is 10.2. The van der Waals surface area contributed by atoms with Gasteiger partial charge in [-0.3, -0.25) is 4.79 Å². The van der Waals surface area contributed by atoms with Gasteiger partial charge in [0.1, 0.15) is 0 Å². The molecule has 1 aliphatic heterocycles. The molecule has 1 aliphatic rings. The number of benzene rings is 1. The van der Waals surface area contributed by atoms with Crippen molar-refractivity contribution in [2.75, 3.05) is 30.5 Å². The van der Waals surface area contributed by atoms with Crippen LogP contribution < -0.4 is 14.8 Å². The topological polar surface area (TPSA) is 73.3 Å². The maximum Gasteiger partial charge on any atom is 0.234 e. The predicted molar refractivity (Wildman–Crippen MR) is 98.1 cm³/mol. The predicted octanol–water partition coefficient (Wildman–Crippen LogP) is 3.81. The summed E-state index contributed by atoms with van der Waals surface area (Å²) in [7, 11) is 0. The quantitative estimate of drug-likeness (QED) is 0.761. The second kappa shape index (κ2) is 8.28. The lowest BCUT2D eigenvalue weighted by molar-refractivity contribution is -0.113. The van der Waals surface area contributed by atoms with Crippen LogP contribution in [0, 0.1) is 0 Å². The number of carbonyl (C=O) groups is 1. The molecule has 0 atom stereocenters. The molecule has 0 aliphatic carbocycles. The lowest BCUT2D eigenvalue weighted by Gasteiger charge is -2.12. The van der Waals surface area contributed by atoms with Gasteiger partial charge in [0.25, 0.3) is 0 Å². The Bertz CT molecular complexity index is 741. The van der Waals surface area contributed by atoms with Crippen molar-refractivity contribution < 1.29 is 14.3 Å². The van der Waals surface area contributed by atoms with Crippen LogP contribution in [-0.2, 0) is 4.79 Å². The number of hydrogen-bond donors (Lipinski definition) is 1. The molecule has 2 heterocycles. The second-order valence-electron chi connectivity index (χ2n) is 4.70. The molecule has 6 nitrogen and oxygen atoms in total. The van der Waals surface area contributed by atoms with Gasteiger partial charge in [0, 0.05) is 18.6 Å². The summed E-state index contributed by atoms with van der Waals surface area (Å²) in [6.07, 6.45) is 2.75. The zero-order valence-corrected chi connectivity index (χ0v) is 15.9. The minimum absolute atomic E-state index is 0.169. The van der Waals surface area contributed by atoms with Gasteiger partial charge in [0.05, 0.1) is 29.7 Å². The molecule has 2 aromatic rings. The number of nitrogens with one attached hydrogen (secondary N) is 1. The third-order valence-electron chi connectivity index (χ3n) is 3.00. The molecule has 128 valence electrons. The van der Waals surface area contributed by atoms with Gasteiger partial charge in [-0.2, -0.15) is 0 Å². The number of amides is 1. The maximum atomic E-state index is 12.1. The van der Waals surface area contributed by atoms with Gasteiger partial charge < -0.3 is 14.8 Å². The first-order valence-electron chi connectivity index (χ1n) is 7.05. The van der Waals surface area contributed by atoms with E-state index in [1.54, 1.807) is 12.1 Å². The van der Waals surface area contributed by atoms with Crippen molar-refractivity contribution >= 4 is 58.1 Å². The fraction of sp³-hybridized carbons (Fsp3) is 0.357. The van der Waals surface area contributed by atoms with Crippen LogP contribution in [0.1, 0.15) is 6.42 Å². The molecule has 0 bridgehead atoms. The van der Waals surface area contributed by atoms with Crippen molar-refractivity contribution in [1.29, 1.82) is 0 Å². The van der Waals surface area contributed by atoms with E-state index in [0.29, 0.717) is 35.4 Å². The highest BCUT2D eigenvalue weighted by Crippen LogP contribution is 2.37. The Kier molecular flexibility index (Phi) is 6.09. The van der Waals surface area contributed by atoms with E-state index < -0.39 is 0 Å². The van der Waals surface area contributed by atoms with E-state index in [4.69, 9.17) is 21.1 Å². The smallest absolute Gasteiger partial charge is 0.234 e. The number of nitrogens with zero attached hydrogens (tertiary/aromatic N) is 2. The van der Waals surface area contributed by atoms with E-state index in [1.807, 2.05) is 6.26 Å². The normalized spacial score (nSPS) is 13.4. The van der Waals surface area contributed by atoms with Gasteiger partial charge in [-0.25, -0.2) is 0 Å². The van der Waals surface area contributed by atoms with Crippen molar-refractivity contribution in [2.24, 2.45) is 0 Å². The molecule has 0 unspecified atom stereocenters. The van der Waals surface area contributed by atoms with E-state index >= 15 is 0 Å². The van der Waals surface area contributed by atoms with E-state index in [0.717, 1.165) is 15.1 Å². The molecule has 0 saturated carbocycles. The molecule has 0 saturated heterocycles. The molecule has 1 amide bonds. The standard InChI is InChI=1S/C14H14ClN3O3S3/c1-22-13-17-18-14(24-13)23-7-12(19)16-9-6-11-10(5-8(9)15)20-3-2-4-21-11/h5-6H,2-4,7H2,1H3,(H,16,19). The number of rotatable bonds is 5. The number of hydrogen-bond acceptors (Lipinski definition) is 8. The number of carbonyl (C=O) groups excluding carboxylic acids is 1. The Hall–Kier alpha value is -1.16. The average Bonchev–Trinajstić information content (AvgIpc) is 2.92. The Labute approximate surface area is 156 Å². The van der Waals surface area contributed by atoms with E-state index in [-0.39, 0.29) is 11.7 Å². The van der Waals surface area contributed by atoms with Crippen LogP contribution in [-0.4, -0.2) is 41.3 Å². The summed E-state index contributed by atoms with van der Waals surface area (Å²) in [6, 6.07) is 3.36. The van der Waals surface area contributed by atoms with Crippen molar-refractivity contribution in [3.63, 3.8) is 0 Å². The lowest BCUT2D eigenvalue weighted by Crippen LogP contribution is -2.14. The minimum atomic E-state index is -0.169. The Morgan fingerprint density at radius 2 is 2.00 bits per heavy atom. The van der Waals surface area contributed by atoms with Crippen LogP contribution in [0.3, 0.4) is 0 Å². The highest BCUT2D eigenvalue weighted by Gasteiger charge is 2.16. The number of halogens is 1. The Balaban J connectivity index is 1.62. The summed E-state index contributed by atoms with van der Waals surface area (Å²) < 4.78 is 12.8. The molecular formula is C14H14ClN3O3S3. The van der Waals surface area contributed by atoms with Crippen LogP contribution in [0.15, 0.2) is 20.8 Å². The monoisotopic (exact) mass is 403 g/mol. The highest BCUT2D eigenvalue weighted by atomic mass is 35.5. The molecule has 10 heteroatoms. The first kappa shape index (κ1) is 17.7. The first-order valence-corrected chi connectivity index (χ1v) is 10.5. The third kappa shape index (κ3) is 4.47. The van der Waals surface area contributed by atoms with Crippen molar-refractivity contribution in [1.82, 2.24) is 10.2 Å². The van der Waals surface area contributed by atoms with Crippen molar-refractivity contribution in [3.05, 3.63) is 17.2 Å². The molecule has 1 aromatic heterocycles. The average molecular weight is 404 g/mol. The molecule has 1 aromatic carbocycles. The number of fused-ring (bicyclic) bond motifs is 1. The van der Waals surface area contributed by atoms with Crippen LogP contribution in [0.25, 0.3) is 0 Å². The molecular weight excluding hydrogens is 390 g/mol. The van der Waals surface area contributed by atoms with Crippen LogP contribution in [0.2, 0.25) is 5.02 Å². The molecule has 1 N–H and O–H groups in total. The van der Waals surface area contributed by atoms with E-state index in [9.17, 15) is 4.79 Å². The summed E-state index contributed by atoms with van der Waals surface area (Å²) in [6.45, 7) is 1.16. The van der Waals surface area contributed by atoms with Gasteiger partial charge in [-0.15, -0.1) is 10.2 Å². The summed E-state index contributed by atoms with van der Waals surface area (Å²) in [4.78, 5) is 12.1. The van der Waals surface area contributed by atoms with Crippen molar-refractivity contribution in [3.8, 4) is 11.5 Å². The molecule has 0 radical (unpaired) electrons. The number of thioether (sulfide) groups is 2. The fourth-order valence-electron chi connectivity index (χ4n) is 1.93. The van der Waals surface area contributed by atoms with Crippen molar-refractivity contribution in [2.45, 2.75) is 15.1 Å². The van der Waals surface area contributed by atoms with Gasteiger partial charge in [-0.05, 0) is 6.26 Å².